The van der Waals surface area contributed by atoms with Crippen LogP contribution in [-0.4, -0.2) is 23.1 Å². The molecule has 0 amide bonds. The van der Waals surface area contributed by atoms with Crippen LogP contribution in [0.3, 0.4) is 0 Å². The summed E-state index contributed by atoms with van der Waals surface area (Å²) in [6.07, 6.45) is 0.616. The molecule has 0 heterocycles. The van der Waals surface area contributed by atoms with E-state index < -0.39 is 11.9 Å². The van der Waals surface area contributed by atoms with Gasteiger partial charge in [-0.3, -0.25) is 9.59 Å². The predicted molar refractivity (Wildman–Crippen MR) is 47.3 cm³/mol. The lowest BCUT2D eigenvalue weighted by atomic mass is 10.00. The molecule has 2 atom stereocenters. The fraction of sp³-hybridized carbons (Fsp3) is 0.778. The summed E-state index contributed by atoms with van der Waals surface area (Å²) in [6, 6.07) is 0. The Bertz CT molecular complexity index is 188. The minimum absolute atomic E-state index is 0.321. The largest absolute Gasteiger partial charge is 0.481 e. The van der Waals surface area contributed by atoms with Gasteiger partial charge < -0.3 is 9.84 Å². The highest BCUT2D eigenvalue weighted by molar-refractivity contribution is 5.70. The molecule has 4 nitrogen and oxygen atoms in total. The molecular weight excluding hydrogens is 172 g/mol. The Kier molecular flexibility index (Phi) is 5.11. The zero-order valence-corrected chi connectivity index (χ0v) is 8.24. The normalized spacial score (nSPS) is 14.7. The third kappa shape index (κ3) is 5.22. The average Bonchev–Trinajstić information content (AvgIpc) is 1.98. The summed E-state index contributed by atoms with van der Waals surface area (Å²) >= 11 is 0. The quantitative estimate of drug-likeness (QED) is 0.663. The maximum absolute atomic E-state index is 10.6. The van der Waals surface area contributed by atoms with Crippen molar-refractivity contribution >= 4 is 11.9 Å². The molecule has 0 aromatic carbocycles. The molecule has 13 heavy (non-hydrogen) atoms. The van der Waals surface area contributed by atoms with Gasteiger partial charge >= 0.3 is 11.9 Å². The smallest absolute Gasteiger partial charge is 0.306 e. The van der Waals surface area contributed by atoms with E-state index in [0.717, 1.165) is 0 Å². The first-order valence-electron chi connectivity index (χ1n) is 4.37. The van der Waals surface area contributed by atoms with Gasteiger partial charge in [-0.05, 0) is 19.8 Å². The third-order valence-corrected chi connectivity index (χ3v) is 1.83. The van der Waals surface area contributed by atoms with Gasteiger partial charge in [0.15, 0.2) is 0 Å². The number of hydrogen-bond acceptors (Lipinski definition) is 3. The summed E-state index contributed by atoms with van der Waals surface area (Å²) in [5, 5.41) is 8.72. The first-order chi connectivity index (χ1) is 5.97. The molecule has 0 radical (unpaired) electrons. The maximum atomic E-state index is 10.6. The van der Waals surface area contributed by atoms with E-state index in [2.05, 4.69) is 0 Å². The lowest BCUT2D eigenvalue weighted by Gasteiger charge is -2.15. The zero-order valence-electron chi connectivity index (χ0n) is 8.24. The highest BCUT2D eigenvalue weighted by Gasteiger charge is 2.19. The van der Waals surface area contributed by atoms with Crippen molar-refractivity contribution in [2.45, 2.75) is 39.7 Å². The molecule has 0 saturated carbocycles. The molecule has 0 aliphatic rings. The fourth-order valence-electron chi connectivity index (χ4n) is 1.17. The number of carboxylic acid groups (broad SMARTS) is 1. The van der Waals surface area contributed by atoms with Crippen molar-refractivity contribution in [3.05, 3.63) is 0 Å². The number of carbonyl (C=O) groups excluding carboxylic acids is 1. The van der Waals surface area contributed by atoms with Crippen LogP contribution in [0.5, 0.6) is 0 Å². The van der Waals surface area contributed by atoms with Crippen LogP contribution in [-0.2, 0) is 14.3 Å². The summed E-state index contributed by atoms with van der Waals surface area (Å²) in [5.41, 5.74) is 0. The van der Waals surface area contributed by atoms with E-state index in [-0.39, 0.29) is 12.1 Å². The molecule has 0 aliphatic carbocycles. The average molecular weight is 188 g/mol. The molecule has 76 valence electrons. The Morgan fingerprint density at radius 3 is 2.31 bits per heavy atom. The maximum Gasteiger partial charge on any atom is 0.306 e. The monoisotopic (exact) mass is 188 g/mol. The van der Waals surface area contributed by atoms with E-state index in [1.54, 1.807) is 13.8 Å². The molecule has 0 rings (SSSR count). The molecule has 0 aromatic rings. The van der Waals surface area contributed by atoms with Crippen molar-refractivity contribution in [1.29, 1.82) is 0 Å². The van der Waals surface area contributed by atoms with Gasteiger partial charge in [0.2, 0.25) is 0 Å². The molecule has 0 saturated heterocycles. The van der Waals surface area contributed by atoms with Gasteiger partial charge in [0.1, 0.15) is 0 Å². The van der Waals surface area contributed by atoms with Gasteiger partial charge in [-0.25, -0.2) is 0 Å². The van der Waals surface area contributed by atoms with Crippen molar-refractivity contribution in [3.8, 4) is 0 Å². The van der Waals surface area contributed by atoms with Gasteiger partial charge in [0.25, 0.3) is 0 Å². The number of hydrogen-bond donors (Lipinski definition) is 1. The molecular formula is C9H16O4. The second kappa shape index (κ2) is 5.56. The SMILES string of the molecule is CCC(CC(C)OC(C)=O)C(=O)O. The van der Waals surface area contributed by atoms with E-state index in [1.807, 2.05) is 0 Å². The Labute approximate surface area is 77.9 Å². The Balaban J connectivity index is 3.93. The third-order valence-electron chi connectivity index (χ3n) is 1.83. The number of esters is 1. The van der Waals surface area contributed by atoms with Crippen molar-refractivity contribution in [2.75, 3.05) is 0 Å². The van der Waals surface area contributed by atoms with Crippen LogP contribution in [0.4, 0.5) is 0 Å². The van der Waals surface area contributed by atoms with Crippen LogP contribution in [0.15, 0.2) is 0 Å². The molecule has 0 aliphatic heterocycles. The number of carboxylic acids is 1. The molecule has 0 aromatic heterocycles. The van der Waals surface area contributed by atoms with Gasteiger partial charge in [-0.1, -0.05) is 6.92 Å². The van der Waals surface area contributed by atoms with Crippen LogP contribution in [0.1, 0.15) is 33.6 Å². The number of carbonyl (C=O) groups is 2. The molecule has 2 unspecified atom stereocenters. The van der Waals surface area contributed by atoms with Crippen molar-refractivity contribution in [2.24, 2.45) is 5.92 Å². The molecule has 0 bridgehead atoms. The molecule has 0 fully saturated rings. The Morgan fingerprint density at radius 1 is 1.46 bits per heavy atom. The summed E-state index contributed by atoms with van der Waals surface area (Å²) in [6.45, 7) is 4.82. The Hall–Kier alpha value is -1.06. The van der Waals surface area contributed by atoms with Crippen LogP contribution in [0, 0.1) is 5.92 Å². The highest BCUT2D eigenvalue weighted by atomic mass is 16.5. The van der Waals surface area contributed by atoms with Crippen molar-refractivity contribution in [3.63, 3.8) is 0 Å². The predicted octanol–water partition coefficient (Wildman–Crippen LogP) is 1.44. The Morgan fingerprint density at radius 2 is 2.00 bits per heavy atom. The minimum atomic E-state index is -0.832. The number of ether oxygens (including phenoxy) is 1. The zero-order chi connectivity index (χ0) is 10.4. The second-order valence-corrected chi connectivity index (χ2v) is 3.10. The summed E-state index contributed by atoms with van der Waals surface area (Å²) in [4.78, 5) is 21.1. The summed E-state index contributed by atoms with van der Waals surface area (Å²) < 4.78 is 4.83. The number of rotatable bonds is 5. The van der Waals surface area contributed by atoms with E-state index in [1.165, 1.54) is 6.92 Å². The van der Waals surface area contributed by atoms with Gasteiger partial charge in [0, 0.05) is 6.92 Å². The molecule has 1 N–H and O–H groups in total. The first kappa shape index (κ1) is 11.9. The lowest BCUT2D eigenvalue weighted by molar-refractivity contribution is -0.150. The standard InChI is InChI=1S/C9H16O4/c1-4-8(9(11)12)5-6(2)13-7(3)10/h6,8H,4-5H2,1-3H3,(H,11,12). The van der Waals surface area contributed by atoms with Crippen LogP contribution in [0.25, 0.3) is 0 Å². The van der Waals surface area contributed by atoms with Crippen LogP contribution in [0.2, 0.25) is 0 Å². The first-order valence-corrected chi connectivity index (χ1v) is 4.37. The highest BCUT2D eigenvalue weighted by Crippen LogP contribution is 2.13. The van der Waals surface area contributed by atoms with E-state index >= 15 is 0 Å². The fourth-order valence-corrected chi connectivity index (χ4v) is 1.17. The molecule has 0 spiro atoms. The van der Waals surface area contributed by atoms with Crippen molar-refractivity contribution in [1.82, 2.24) is 0 Å². The minimum Gasteiger partial charge on any atom is -0.481 e. The van der Waals surface area contributed by atoms with E-state index in [0.29, 0.717) is 12.8 Å². The van der Waals surface area contributed by atoms with Crippen LogP contribution < -0.4 is 0 Å². The van der Waals surface area contributed by atoms with E-state index in [4.69, 9.17) is 9.84 Å². The molecule has 4 heteroatoms. The number of aliphatic carboxylic acids is 1. The lowest BCUT2D eigenvalue weighted by Crippen LogP contribution is -2.21. The van der Waals surface area contributed by atoms with Crippen molar-refractivity contribution < 1.29 is 19.4 Å². The summed E-state index contributed by atoms with van der Waals surface area (Å²) in [7, 11) is 0. The summed E-state index contributed by atoms with van der Waals surface area (Å²) in [5.74, 6) is -1.62. The van der Waals surface area contributed by atoms with Gasteiger partial charge in [-0.2, -0.15) is 0 Å². The van der Waals surface area contributed by atoms with Gasteiger partial charge in [-0.15, -0.1) is 0 Å². The second-order valence-electron chi connectivity index (χ2n) is 3.10. The topological polar surface area (TPSA) is 63.6 Å². The van der Waals surface area contributed by atoms with Gasteiger partial charge in [0.05, 0.1) is 12.0 Å². The van der Waals surface area contributed by atoms with Crippen LogP contribution >= 0.6 is 0 Å². The van der Waals surface area contributed by atoms with E-state index in [9.17, 15) is 9.59 Å².